The van der Waals surface area contributed by atoms with Crippen molar-refractivity contribution in [1.82, 2.24) is 4.57 Å². The molecule has 2 aromatic rings. The van der Waals surface area contributed by atoms with E-state index in [9.17, 15) is 4.79 Å². The smallest absolute Gasteiger partial charge is 0.251 e. The van der Waals surface area contributed by atoms with Gasteiger partial charge in [-0.05, 0) is 24.5 Å². The van der Waals surface area contributed by atoms with E-state index in [-0.39, 0.29) is 11.8 Å². The zero-order valence-electron chi connectivity index (χ0n) is 9.88. The van der Waals surface area contributed by atoms with Crippen molar-refractivity contribution >= 4 is 27.5 Å². The predicted molar refractivity (Wildman–Crippen MR) is 68.6 cm³/mol. The first kappa shape index (κ1) is 10.7. The largest absolute Gasteiger partial charge is 0.319 e. The first-order valence-corrected chi connectivity index (χ1v) is 6.61. The molecule has 0 aliphatic heterocycles. The van der Waals surface area contributed by atoms with Crippen molar-refractivity contribution in [2.75, 3.05) is 0 Å². The Morgan fingerprint density at radius 2 is 2.18 bits per heavy atom. The molecule has 1 fully saturated rings. The zero-order valence-corrected chi connectivity index (χ0v) is 10.7. The summed E-state index contributed by atoms with van der Waals surface area (Å²) in [4.78, 5) is 16.9. The van der Waals surface area contributed by atoms with Crippen LogP contribution in [0, 0.1) is 11.8 Å². The zero-order chi connectivity index (χ0) is 12.0. The van der Waals surface area contributed by atoms with Crippen LogP contribution in [0.15, 0.2) is 29.3 Å². The van der Waals surface area contributed by atoms with Gasteiger partial charge in [0.05, 0.1) is 10.2 Å². The third-order valence-corrected chi connectivity index (χ3v) is 4.46. The summed E-state index contributed by atoms with van der Waals surface area (Å²) in [6.07, 6.45) is 0.997. The highest BCUT2D eigenvalue weighted by Crippen LogP contribution is 2.38. The van der Waals surface area contributed by atoms with E-state index in [1.54, 1.807) is 11.3 Å². The van der Waals surface area contributed by atoms with Crippen molar-refractivity contribution in [3.63, 3.8) is 0 Å². The molecule has 1 amide bonds. The lowest BCUT2D eigenvalue weighted by Gasteiger charge is -1.93. The van der Waals surface area contributed by atoms with E-state index in [4.69, 9.17) is 0 Å². The molecule has 0 unspecified atom stereocenters. The Balaban J connectivity index is 2.08. The van der Waals surface area contributed by atoms with Crippen molar-refractivity contribution < 1.29 is 4.79 Å². The number of hydrogen-bond donors (Lipinski definition) is 0. The number of carbonyl (C=O) groups is 1. The number of hydrogen-bond acceptors (Lipinski definition) is 2. The van der Waals surface area contributed by atoms with Gasteiger partial charge in [-0.1, -0.05) is 30.4 Å². The Morgan fingerprint density at radius 3 is 2.82 bits per heavy atom. The normalized spacial score (nSPS) is 24.2. The van der Waals surface area contributed by atoms with Gasteiger partial charge in [-0.15, -0.1) is 0 Å². The summed E-state index contributed by atoms with van der Waals surface area (Å²) in [6, 6.07) is 8.12. The molecule has 0 N–H and O–H groups in total. The molecule has 4 heteroatoms. The summed E-state index contributed by atoms with van der Waals surface area (Å²) in [7, 11) is 1.96. The number of carbonyl (C=O) groups excluding carboxylic acids is 1. The average molecular weight is 246 g/mol. The van der Waals surface area contributed by atoms with E-state index in [0.717, 1.165) is 16.7 Å². The van der Waals surface area contributed by atoms with Crippen LogP contribution in [0.3, 0.4) is 0 Å². The second-order valence-corrected chi connectivity index (χ2v) is 5.69. The fourth-order valence-corrected chi connectivity index (χ4v) is 3.06. The van der Waals surface area contributed by atoms with Crippen LogP contribution in [0.1, 0.15) is 13.3 Å². The van der Waals surface area contributed by atoms with Gasteiger partial charge >= 0.3 is 0 Å². The molecular weight excluding hydrogens is 232 g/mol. The second-order valence-electron chi connectivity index (χ2n) is 4.68. The number of para-hydroxylation sites is 1. The summed E-state index contributed by atoms with van der Waals surface area (Å²) < 4.78 is 3.16. The maximum atomic E-state index is 11.8. The molecule has 0 radical (unpaired) electrons. The van der Waals surface area contributed by atoms with Crippen LogP contribution < -0.4 is 4.80 Å². The number of aromatic nitrogens is 1. The number of benzene rings is 1. The summed E-state index contributed by atoms with van der Waals surface area (Å²) in [6.45, 7) is 2.10. The minimum Gasteiger partial charge on any atom is -0.319 e. The number of amides is 1. The first-order valence-electron chi connectivity index (χ1n) is 5.80. The molecule has 0 bridgehead atoms. The maximum Gasteiger partial charge on any atom is 0.251 e. The molecule has 1 heterocycles. The van der Waals surface area contributed by atoms with Gasteiger partial charge in [0, 0.05) is 13.0 Å². The molecule has 1 aromatic heterocycles. The maximum absolute atomic E-state index is 11.8. The van der Waals surface area contributed by atoms with Crippen molar-refractivity contribution in [3.05, 3.63) is 29.1 Å². The average Bonchev–Trinajstić information content (AvgIpc) is 2.97. The van der Waals surface area contributed by atoms with Gasteiger partial charge in [-0.2, -0.15) is 4.99 Å². The molecule has 0 spiro atoms. The van der Waals surface area contributed by atoms with Crippen LogP contribution in [0.4, 0.5) is 0 Å². The number of rotatable bonds is 1. The molecule has 88 valence electrons. The third kappa shape index (κ3) is 1.82. The standard InChI is InChI=1S/C13H14N2OS/c1-8-7-9(8)12(16)14-13-15(2)10-5-3-4-6-11(10)17-13/h3-6,8-9H,7H2,1-2H3/t8-,9+/m0/s1. The molecule has 0 saturated heterocycles. The van der Waals surface area contributed by atoms with Crippen LogP contribution in [-0.4, -0.2) is 10.5 Å². The summed E-state index contributed by atoms with van der Waals surface area (Å²) >= 11 is 1.57. The number of fused-ring (bicyclic) bond motifs is 1. The quantitative estimate of drug-likeness (QED) is 0.760. The molecule has 1 aromatic carbocycles. The molecule has 1 saturated carbocycles. The lowest BCUT2D eigenvalue weighted by Crippen LogP contribution is -2.14. The SMILES string of the molecule is C[C@H]1C[C@H]1C(=O)N=c1sc2ccccc2n1C. The van der Waals surface area contributed by atoms with Gasteiger partial charge in [0.25, 0.3) is 5.91 Å². The van der Waals surface area contributed by atoms with Crippen molar-refractivity contribution in [1.29, 1.82) is 0 Å². The fraction of sp³-hybridized carbons (Fsp3) is 0.385. The monoisotopic (exact) mass is 246 g/mol. The highest BCUT2D eigenvalue weighted by molar-refractivity contribution is 7.16. The molecule has 1 aliphatic rings. The summed E-state index contributed by atoms with van der Waals surface area (Å²) in [5.74, 6) is 0.728. The van der Waals surface area contributed by atoms with Crippen molar-refractivity contribution in [3.8, 4) is 0 Å². The molecular formula is C13H14N2OS. The minimum atomic E-state index is 0.0413. The van der Waals surface area contributed by atoms with Crippen molar-refractivity contribution in [2.24, 2.45) is 23.9 Å². The first-order chi connectivity index (χ1) is 8.16. The lowest BCUT2D eigenvalue weighted by atomic mass is 10.3. The van der Waals surface area contributed by atoms with Gasteiger partial charge in [0.15, 0.2) is 4.80 Å². The summed E-state index contributed by atoms with van der Waals surface area (Å²) in [5, 5.41) is 0. The van der Waals surface area contributed by atoms with Gasteiger partial charge < -0.3 is 4.57 Å². The molecule has 1 aliphatic carbocycles. The van der Waals surface area contributed by atoms with Crippen LogP contribution in [-0.2, 0) is 11.8 Å². The van der Waals surface area contributed by atoms with Gasteiger partial charge in [0.2, 0.25) is 0 Å². The van der Waals surface area contributed by atoms with E-state index >= 15 is 0 Å². The Morgan fingerprint density at radius 1 is 1.47 bits per heavy atom. The topological polar surface area (TPSA) is 34.4 Å². The number of aryl methyl sites for hydroxylation is 1. The molecule has 3 nitrogen and oxygen atoms in total. The predicted octanol–water partition coefficient (Wildman–Crippen LogP) is 2.32. The van der Waals surface area contributed by atoms with E-state index in [1.807, 2.05) is 23.7 Å². The lowest BCUT2D eigenvalue weighted by molar-refractivity contribution is -0.119. The van der Waals surface area contributed by atoms with Crippen LogP contribution >= 0.6 is 11.3 Å². The highest BCUT2D eigenvalue weighted by Gasteiger charge is 2.39. The van der Waals surface area contributed by atoms with Gasteiger partial charge in [-0.3, -0.25) is 4.79 Å². The van der Waals surface area contributed by atoms with Crippen LogP contribution in [0.2, 0.25) is 0 Å². The fourth-order valence-electron chi connectivity index (χ4n) is 2.03. The molecule has 17 heavy (non-hydrogen) atoms. The van der Waals surface area contributed by atoms with E-state index in [0.29, 0.717) is 5.92 Å². The Hall–Kier alpha value is -1.42. The van der Waals surface area contributed by atoms with E-state index in [1.165, 1.54) is 4.70 Å². The van der Waals surface area contributed by atoms with E-state index in [2.05, 4.69) is 24.0 Å². The Bertz CT molecular complexity index is 653. The molecule has 2 atom stereocenters. The van der Waals surface area contributed by atoms with Gasteiger partial charge in [0.1, 0.15) is 0 Å². The van der Waals surface area contributed by atoms with Crippen LogP contribution in [0.25, 0.3) is 10.2 Å². The third-order valence-electron chi connectivity index (χ3n) is 3.35. The van der Waals surface area contributed by atoms with Gasteiger partial charge in [-0.25, -0.2) is 0 Å². The number of thiazole rings is 1. The van der Waals surface area contributed by atoms with Crippen LogP contribution in [0.5, 0.6) is 0 Å². The Labute approximate surface area is 103 Å². The molecule has 3 rings (SSSR count). The highest BCUT2D eigenvalue weighted by atomic mass is 32.1. The second kappa shape index (κ2) is 3.81. The van der Waals surface area contributed by atoms with Crippen molar-refractivity contribution in [2.45, 2.75) is 13.3 Å². The minimum absolute atomic E-state index is 0.0413. The summed E-state index contributed by atoms with van der Waals surface area (Å²) in [5.41, 5.74) is 1.13. The number of nitrogens with zero attached hydrogens (tertiary/aromatic N) is 2. The Kier molecular flexibility index (Phi) is 2.40. The van der Waals surface area contributed by atoms with E-state index < -0.39 is 0 Å².